The molecule has 0 saturated heterocycles. The molecule has 4 heteroatoms. The van der Waals surface area contributed by atoms with Gasteiger partial charge in [0.25, 0.3) is 0 Å². The Morgan fingerprint density at radius 2 is 0.984 bits per heavy atom. The Kier molecular flexibility index (Phi) is 9.85. The van der Waals surface area contributed by atoms with Gasteiger partial charge in [0.15, 0.2) is 0 Å². The van der Waals surface area contributed by atoms with Gasteiger partial charge in [0.1, 0.15) is 0 Å². The molecule has 0 fully saturated rings. The van der Waals surface area contributed by atoms with Crippen LogP contribution in [0.3, 0.4) is 0 Å². The second kappa shape index (κ2) is 16.2. The lowest BCUT2D eigenvalue weighted by Gasteiger charge is -2.26. The van der Waals surface area contributed by atoms with Crippen molar-refractivity contribution in [1.29, 1.82) is 10.8 Å². The zero-order valence-electron chi connectivity index (χ0n) is 33.3. The van der Waals surface area contributed by atoms with Crippen molar-refractivity contribution >= 4 is 78.7 Å². The summed E-state index contributed by atoms with van der Waals surface area (Å²) in [6.45, 7) is 0. The molecule has 9 aromatic carbocycles. The minimum Gasteiger partial charge on any atom is -0.354 e. The molecule has 0 aliphatic carbocycles. The fraction of sp³-hybridized carbons (Fsp3) is 0. The molecule has 61 heavy (non-hydrogen) atoms. The zero-order chi connectivity index (χ0) is 41.1. The van der Waals surface area contributed by atoms with Crippen LogP contribution < -0.4 is 5.32 Å². The molecular formula is C57H40N4. The van der Waals surface area contributed by atoms with E-state index in [0.29, 0.717) is 17.1 Å². The first-order valence-corrected chi connectivity index (χ1v) is 20.4. The first-order chi connectivity index (χ1) is 30.1. The highest BCUT2D eigenvalue weighted by Gasteiger charge is 2.23. The average Bonchev–Trinajstić information content (AvgIpc) is 3.33. The number of aliphatic imine (C=N–C) groups is 1. The van der Waals surface area contributed by atoms with Gasteiger partial charge in [-0.25, -0.2) is 0 Å². The molecule has 3 N–H and O–H groups in total. The Morgan fingerprint density at radius 1 is 0.459 bits per heavy atom. The molecule has 1 aliphatic rings. The number of nitrogens with zero attached hydrogens (tertiary/aromatic N) is 1. The van der Waals surface area contributed by atoms with Gasteiger partial charge in [0.2, 0.25) is 0 Å². The maximum Gasteiger partial charge on any atom is 0.0723 e. The van der Waals surface area contributed by atoms with Gasteiger partial charge in [-0.2, -0.15) is 0 Å². The van der Waals surface area contributed by atoms with Crippen molar-refractivity contribution in [3.63, 3.8) is 0 Å². The Hall–Kier alpha value is -8.21. The van der Waals surface area contributed by atoms with Crippen LogP contribution in [-0.4, -0.2) is 17.6 Å². The van der Waals surface area contributed by atoms with E-state index in [-0.39, 0.29) is 0 Å². The molecule has 10 rings (SSSR count). The summed E-state index contributed by atoms with van der Waals surface area (Å²) in [5, 5.41) is 29.6. The third kappa shape index (κ3) is 7.28. The van der Waals surface area contributed by atoms with E-state index in [4.69, 9.17) is 10.4 Å². The van der Waals surface area contributed by atoms with E-state index < -0.39 is 0 Å². The van der Waals surface area contributed by atoms with Crippen LogP contribution in [0, 0.1) is 10.8 Å². The first kappa shape index (κ1) is 37.1. The molecule has 0 radical (unpaired) electrons. The van der Waals surface area contributed by atoms with E-state index in [1.807, 2.05) is 97.2 Å². The van der Waals surface area contributed by atoms with Crippen molar-refractivity contribution in [2.24, 2.45) is 4.99 Å². The minimum atomic E-state index is 0.390. The third-order valence-electron chi connectivity index (χ3n) is 11.4. The number of benzene rings is 9. The minimum absolute atomic E-state index is 0.390. The first-order valence-electron chi connectivity index (χ1n) is 20.4. The van der Waals surface area contributed by atoms with Gasteiger partial charge in [0.05, 0.1) is 22.8 Å². The predicted molar refractivity (Wildman–Crippen MR) is 258 cm³/mol. The normalized spacial score (nSPS) is 13.5. The molecule has 1 heterocycles. The highest BCUT2D eigenvalue weighted by atomic mass is 14.9. The van der Waals surface area contributed by atoms with Gasteiger partial charge in [-0.1, -0.05) is 200 Å². The Labute approximate surface area is 355 Å². The second-order valence-electron chi connectivity index (χ2n) is 15.2. The summed E-state index contributed by atoms with van der Waals surface area (Å²) in [6.07, 6.45) is 5.93. The molecule has 9 aromatic rings. The van der Waals surface area contributed by atoms with Crippen LogP contribution in [0.1, 0.15) is 44.5 Å². The topological polar surface area (TPSA) is 72.1 Å². The van der Waals surface area contributed by atoms with Crippen molar-refractivity contribution in [3.8, 4) is 0 Å². The monoisotopic (exact) mass is 780 g/mol. The van der Waals surface area contributed by atoms with Crippen LogP contribution in [0.4, 0.5) is 0 Å². The van der Waals surface area contributed by atoms with Crippen molar-refractivity contribution in [2.75, 3.05) is 0 Å². The Balaban J connectivity index is 1.03. The van der Waals surface area contributed by atoms with E-state index in [1.165, 1.54) is 26.9 Å². The van der Waals surface area contributed by atoms with E-state index in [9.17, 15) is 5.41 Å². The summed E-state index contributed by atoms with van der Waals surface area (Å²) in [7, 11) is 0. The van der Waals surface area contributed by atoms with E-state index in [1.54, 1.807) is 0 Å². The van der Waals surface area contributed by atoms with Crippen LogP contribution in [-0.2, 0) is 0 Å². The second-order valence-corrected chi connectivity index (χ2v) is 15.2. The molecule has 0 saturated carbocycles. The van der Waals surface area contributed by atoms with Gasteiger partial charge in [-0.3, -0.25) is 10.4 Å². The molecule has 0 unspecified atom stereocenters. The molecule has 4 nitrogen and oxygen atoms in total. The van der Waals surface area contributed by atoms with Crippen LogP contribution in [0.5, 0.6) is 0 Å². The molecule has 0 spiro atoms. The number of hydrogen-bond donors (Lipinski definition) is 3. The fourth-order valence-corrected chi connectivity index (χ4v) is 8.36. The smallest absolute Gasteiger partial charge is 0.0723 e. The van der Waals surface area contributed by atoms with Crippen molar-refractivity contribution in [3.05, 3.63) is 257 Å². The van der Waals surface area contributed by atoms with E-state index in [2.05, 4.69) is 133 Å². The average molecular weight is 781 g/mol. The zero-order valence-corrected chi connectivity index (χ0v) is 33.3. The maximum absolute atomic E-state index is 9.49. The van der Waals surface area contributed by atoms with Gasteiger partial charge < -0.3 is 10.7 Å². The molecule has 0 amide bonds. The standard InChI is InChI=1S/C57H40N4/c58-52(39-16-4-1-5-17-39)36-53(44-32-33-50-48-26-13-12-24-46(48)47-25-14-15-27-49(47)51(50)34-44)60-37-38-28-30-40(31-29-38)54-35-43-22-10-11-23-45(43)57(61-54)55(41-18-6-2-7-19-41)56(59)42-20-8-3-9-21-42/h1-37,58-59,61H/b53-36-,57-55-,58-52?,59-56?,60-37?. The van der Waals surface area contributed by atoms with Gasteiger partial charge >= 0.3 is 0 Å². The lowest BCUT2D eigenvalue weighted by molar-refractivity contribution is 1.22. The summed E-state index contributed by atoms with van der Waals surface area (Å²) >= 11 is 0. The van der Waals surface area contributed by atoms with Crippen LogP contribution in [0.25, 0.3) is 61.1 Å². The highest BCUT2D eigenvalue weighted by molar-refractivity contribution is 6.36. The SMILES string of the molecule is N=C(/C=C(\N=Cc1ccc(C2=Cc3ccccc3/C(=C(/C(=N)c3ccccc3)c3ccccc3)N2)cc1)c1ccc2c3ccccc3c3ccccc3c2c1)c1ccccc1. The lowest BCUT2D eigenvalue weighted by Crippen LogP contribution is -2.20. The molecule has 288 valence electrons. The number of nitrogens with one attached hydrogen (secondary N) is 3. The van der Waals surface area contributed by atoms with E-state index in [0.717, 1.165) is 66.9 Å². The summed E-state index contributed by atoms with van der Waals surface area (Å²) in [4.78, 5) is 5.10. The van der Waals surface area contributed by atoms with Gasteiger partial charge in [-0.15, -0.1) is 0 Å². The summed E-state index contributed by atoms with van der Waals surface area (Å²) in [5.74, 6) is 0. The van der Waals surface area contributed by atoms with Crippen molar-refractivity contribution < 1.29 is 0 Å². The summed E-state index contributed by atoms with van der Waals surface area (Å²) < 4.78 is 0. The summed E-state index contributed by atoms with van der Waals surface area (Å²) in [5.41, 5.74) is 11.9. The van der Waals surface area contributed by atoms with Gasteiger partial charge in [0, 0.05) is 34.2 Å². The van der Waals surface area contributed by atoms with Crippen molar-refractivity contribution in [2.45, 2.75) is 0 Å². The lowest BCUT2D eigenvalue weighted by atomic mass is 9.88. The van der Waals surface area contributed by atoms with E-state index >= 15 is 0 Å². The van der Waals surface area contributed by atoms with Crippen molar-refractivity contribution in [1.82, 2.24) is 5.32 Å². The molecule has 0 aromatic heterocycles. The molecule has 1 aliphatic heterocycles. The van der Waals surface area contributed by atoms with Crippen LogP contribution in [0.2, 0.25) is 0 Å². The number of allylic oxidation sites excluding steroid dienone is 2. The maximum atomic E-state index is 9.49. The fourth-order valence-electron chi connectivity index (χ4n) is 8.36. The predicted octanol–water partition coefficient (Wildman–Crippen LogP) is 13.7. The largest absolute Gasteiger partial charge is 0.354 e. The Morgan fingerprint density at radius 3 is 1.62 bits per heavy atom. The number of hydrogen-bond acceptors (Lipinski definition) is 4. The molecule has 0 bridgehead atoms. The van der Waals surface area contributed by atoms with Crippen LogP contribution in [0.15, 0.2) is 217 Å². The number of fused-ring (bicyclic) bond motifs is 7. The highest BCUT2D eigenvalue weighted by Crippen LogP contribution is 2.38. The van der Waals surface area contributed by atoms with Gasteiger partial charge in [-0.05, 0) is 78.4 Å². The molecular weight excluding hydrogens is 741 g/mol. The third-order valence-corrected chi connectivity index (χ3v) is 11.4. The number of rotatable bonds is 9. The van der Waals surface area contributed by atoms with Crippen LogP contribution >= 0.6 is 0 Å². The Bertz CT molecular complexity index is 3230. The quantitative estimate of drug-likeness (QED) is 0.0990. The molecule has 0 atom stereocenters. The summed E-state index contributed by atoms with van der Waals surface area (Å²) in [6, 6.07) is 70.4.